The van der Waals surface area contributed by atoms with Crippen LogP contribution in [0.1, 0.15) is 22.3 Å². The van der Waals surface area contributed by atoms with E-state index in [1.54, 1.807) is 0 Å². The van der Waals surface area contributed by atoms with E-state index in [9.17, 15) is 0 Å². The fourth-order valence-electron chi connectivity index (χ4n) is 11.4. The van der Waals surface area contributed by atoms with Gasteiger partial charge in [0, 0.05) is 49.4 Å². The first-order valence-corrected chi connectivity index (χ1v) is 25.1. The summed E-state index contributed by atoms with van der Waals surface area (Å²) in [7, 11) is 0. The van der Waals surface area contributed by atoms with Crippen molar-refractivity contribution in [2.24, 2.45) is 0 Å². The highest BCUT2D eigenvalue weighted by Gasteiger charge is 2.50. The predicted molar refractivity (Wildman–Crippen MR) is 295 cm³/mol. The molecule has 1 aromatic heterocycles. The van der Waals surface area contributed by atoms with Gasteiger partial charge in [-0.05, 0) is 122 Å². The molecule has 0 unspecified atom stereocenters. The lowest BCUT2D eigenvalue weighted by Gasteiger charge is -2.41. The molecular weight excluding hydrogens is 881 g/mol. The fraction of sp³-hybridized carbons (Fsp3) is 0.0149. The van der Waals surface area contributed by atoms with Gasteiger partial charge in [0.25, 0.3) is 0 Å². The van der Waals surface area contributed by atoms with Gasteiger partial charge >= 0.3 is 0 Å². The molecule has 0 N–H and O–H groups in total. The molecular formula is C67H44N2OS. The van der Waals surface area contributed by atoms with Crippen molar-refractivity contribution >= 4 is 67.8 Å². The van der Waals surface area contributed by atoms with E-state index in [1.165, 1.54) is 65.4 Å². The van der Waals surface area contributed by atoms with Crippen LogP contribution in [-0.4, -0.2) is 0 Å². The molecule has 0 saturated carbocycles. The van der Waals surface area contributed by atoms with Crippen LogP contribution in [0.3, 0.4) is 0 Å². The summed E-state index contributed by atoms with van der Waals surface area (Å²) >= 11 is 1.87. The van der Waals surface area contributed by atoms with E-state index < -0.39 is 5.41 Å². The highest BCUT2D eigenvalue weighted by molar-refractivity contribution is 7.99. The number of benzene rings is 11. The third-order valence-electron chi connectivity index (χ3n) is 14.5. The molecule has 0 fully saturated rings. The van der Waals surface area contributed by atoms with Crippen LogP contribution in [0.5, 0.6) is 0 Å². The number of anilines is 6. The normalized spacial score (nSPS) is 12.8. The van der Waals surface area contributed by atoms with Crippen molar-refractivity contribution < 1.29 is 4.42 Å². The Bertz CT molecular complexity index is 3830. The summed E-state index contributed by atoms with van der Waals surface area (Å²) in [6.07, 6.45) is 0. The first-order chi connectivity index (χ1) is 35.2. The Morgan fingerprint density at radius 1 is 0.324 bits per heavy atom. The Kier molecular flexibility index (Phi) is 9.68. The van der Waals surface area contributed by atoms with Gasteiger partial charge in [-0.2, -0.15) is 0 Å². The molecule has 2 heterocycles. The molecule has 0 saturated heterocycles. The number of furan rings is 1. The molecule has 0 bridgehead atoms. The fourth-order valence-corrected chi connectivity index (χ4v) is 12.7. The van der Waals surface area contributed by atoms with Gasteiger partial charge in [-0.15, -0.1) is 0 Å². The van der Waals surface area contributed by atoms with E-state index in [0.29, 0.717) is 0 Å². The minimum atomic E-state index is -0.500. The molecule has 12 aromatic rings. The van der Waals surface area contributed by atoms with E-state index in [0.717, 1.165) is 56.1 Å². The van der Waals surface area contributed by atoms with Crippen LogP contribution in [0.4, 0.5) is 34.1 Å². The Morgan fingerprint density at radius 3 is 1.44 bits per heavy atom. The SMILES string of the molecule is c1ccc(-c2ccc(N(c3ccc(-c4ccccc4)cc3)c3ccc4c(c3)oc3c(N(c5ccccc5)c5cccc6c5Sc5ccccc5C65c6ccccc6-c6ccccc65)cccc34)cc2)cc1. The van der Waals surface area contributed by atoms with Crippen LogP contribution >= 0.6 is 11.8 Å². The lowest BCUT2D eigenvalue weighted by Crippen LogP contribution is -2.32. The van der Waals surface area contributed by atoms with E-state index >= 15 is 0 Å². The van der Waals surface area contributed by atoms with Crippen molar-refractivity contribution in [3.05, 3.63) is 289 Å². The van der Waals surface area contributed by atoms with E-state index in [4.69, 9.17) is 4.42 Å². The molecule has 4 heteroatoms. The zero-order chi connectivity index (χ0) is 46.9. The zero-order valence-corrected chi connectivity index (χ0v) is 39.4. The smallest absolute Gasteiger partial charge is 0.159 e. The molecule has 1 aliphatic carbocycles. The number of nitrogens with zero attached hydrogens (tertiary/aromatic N) is 2. The summed E-state index contributed by atoms with van der Waals surface area (Å²) < 4.78 is 7.24. The van der Waals surface area contributed by atoms with Gasteiger partial charge in [-0.25, -0.2) is 0 Å². The highest BCUT2D eigenvalue weighted by atomic mass is 32.2. The van der Waals surface area contributed by atoms with Gasteiger partial charge in [-0.3, -0.25) is 0 Å². The van der Waals surface area contributed by atoms with Crippen molar-refractivity contribution in [2.75, 3.05) is 9.80 Å². The zero-order valence-electron chi connectivity index (χ0n) is 38.6. The third kappa shape index (κ3) is 6.52. The number of hydrogen-bond donors (Lipinski definition) is 0. The average molecular weight is 925 g/mol. The van der Waals surface area contributed by atoms with Crippen molar-refractivity contribution in [3.8, 4) is 33.4 Å². The van der Waals surface area contributed by atoms with E-state index in [2.05, 4.69) is 277 Å². The maximum Gasteiger partial charge on any atom is 0.159 e. The summed E-state index contributed by atoms with van der Waals surface area (Å²) in [4.78, 5) is 7.23. The summed E-state index contributed by atoms with van der Waals surface area (Å²) in [5, 5.41) is 2.13. The molecule has 1 spiro atoms. The lowest BCUT2D eigenvalue weighted by molar-refractivity contribution is 0.669. The number of hydrogen-bond acceptors (Lipinski definition) is 4. The largest absolute Gasteiger partial charge is 0.454 e. The van der Waals surface area contributed by atoms with E-state index in [-0.39, 0.29) is 0 Å². The van der Waals surface area contributed by atoms with Gasteiger partial charge in [-0.1, -0.05) is 206 Å². The number of rotatable bonds is 8. The number of fused-ring (bicyclic) bond motifs is 12. The van der Waals surface area contributed by atoms with E-state index in [1.807, 2.05) is 11.8 Å². The molecule has 2 aliphatic rings. The maximum absolute atomic E-state index is 7.24. The van der Waals surface area contributed by atoms with Crippen molar-refractivity contribution in [2.45, 2.75) is 15.2 Å². The maximum atomic E-state index is 7.24. The Hall–Kier alpha value is -8.83. The molecule has 0 radical (unpaired) electrons. The van der Waals surface area contributed by atoms with Crippen LogP contribution < -0.4 is 9.80 Å². The van der Waals surface area contributed by atoms with Crippen LogP contribution in [0, 0.1) is 0 Å². The second-order valence-corrected chi connectivity index (χ2v) is 19.4. The standard InChI is InChI=1S/C67H44N2OS/c1-4-18-45(19-5-1)47-34-38-50(39-35-47)68(51-40-36-48(37-41-51)46-20-6-2-7-21-46)52-42-43-55-56-26-16-31-61(65(56)70-63(55)44-52)69(49-22-8-3-9-23-49)62-32-17-30-60-66(62)71-64-33-15-14-29-59(64)67(60)57-27-12-10-24-53(57)54-25-11-13-28-58(54)67/h1-44H. The summed E-state index contributed by atoms with van der Waals surface area (Å²) in [6, 6.07) is 96.8. The lowest BCUT2D eigenvalue weighted by atomic mass is 9.67. The molecule has 3 nitrogen and oxygen atoms in total. The number of para-hydroxylation sites is 2. The van der Waals surface area contributed by atoms with Crippen LogP contribution in [0.15, 0.2) is 281 Å². The first-order valence-electron chi connectivity index (χ1n) is 24.2. The van der Waals surface area contributed by atoms with Crippen LogP contribution in [0.2, 0.25) is 0 Å². The first kappa shape index (κ1) is 41.2. The van der Waals surface area contributed by atoms with Crippen LogP contribution in [-0.2, 0) is 5.41 Å². The summed E-state index contributed by atoms with van der Waals surface area (Å²) in [6.45, 7) is 0. The highest BCUT2D eigenvalue weighted by Crippen LogP contribution is 2.64. The molecule has 11 aromatic carbocycles. The van der Waals surface area contributed by atoms with Crippen molar-refractivity contribution in [3.63, 3.8) is 0 Å². The minimum absolute atomic E-state index is 0.500. The topological polar surface area (TPSA) is 19.6 Å². The Labute approximate surface area is 417 Å². The monoisotopic (exact) mass is 924 g/mol. The quantitative estimate of drug-likeness (QED) is 0.151. The third-order valence-corrected chi connectivity index (χ3v) is 15.7. The van der Waals surface area contributed by atoms with Gasteiger partial charge in [0.15, 0.2) is 5.58 Å². The molecule has 0 amide bonds. The molecule has 334 valence electrons. The van der Waals surface area contributed by atoms with Crippen LogP contribution in [0.25, 0.3) is 55.3 Å². The predicted octanol–water partition coefficient (Wildman–Crippen LogP) is 18.7. The molecule has 1 aliphatic heterocycles. The van der Waals surface area contributed by atoms with Gasteiger partial charge in [0.1, 0.15) is 5.58 Å². The van der Waals surface area contributed by atoms with Crippen molar-refractivity contribution in [1.82, 2.24) is 0 Å². The van der Waals surface area contributed by atoms with Gasteiger partial charge in [0.05, 0.1) is 16.8 Å². The second kappa shape index (κ2) is 16.7. The Balaban J connectivity index is 0.940. The van der Waals surface area contributed by atoms with Crippen molar-refractivity contribution in [1.29, 1.82) is 0 Å². The Morgan fingerprint density at radius 2 is 0.803 bits per heavy atom. The minimum Gasteiger partial charge on any atom is -0.454 e. The average Bonchev–Trinajstić information content (AvgIpc) is 3.96. The van der Waals surface area contributed by atoms with Gasteiger partial charge < -0.3 is 14.2 Å². The summed E-state index contributed by atoms with van der Waals surface area (Å²) in [5.74, 6) is 0. The van der Waals surface area contributed by atoms with Gasteiger partial charge in [0.2, 0.25) is 0 Å². The molecule has 14 rings (SSSR count). The second-order valence-electron chi connectivity index (χ2n) is 18.4. The molecule has 71 heavy (non-hydrogen) atoms. The molecule has 0 atom stereocenters. The summed E-state index contributed by atoms with van der Waals surface area (Å²) in [5.41, 5.74) is 20.0.